The van der Waals surface area contributed by atoms with Gasteiger partial charge in [0.1, 0.15) is 11.6 Å². The standard InChI is InChI=1S/C29H35ClN6O/c1-19(2)10-11-35-12-14-36(15-13-35)29-32-26-9-8-23(27-20(3)34-37-21(27)4)17-25(26)28(33-29)31-18-22-6-5-7-24(30)16-22/h5-9,16-17,19H,10-15,18H2,1-4H3,(H,31,32,33). The quantitative estimate of drug-likeness (QED) is 0.292. The molecular formula is C29H35ClN6O. The molecule has 37 heavy (non-hydrogen) atoms. The van der Waals surface area contributed by atoms with Crippen molar-refractivity contribution in [2.75, 3.05) is 42.9 Å². The number of rotatable bonds is 8. The SMILES string of the molecule is Cc1noc(C)c1-c1ccc2nc(N3CCN(CCC(C)C)CC3)nc(NCc3cccc(Cl)c3)c2c1. The van der Waals surface area contributed by atoms with Crippen LogP contribution in [0.2, 0.25) is 5.02 Å². The number of benzene rings is 2. The van der Waals surface area contributed by atoms with Crippen LogP contribution in [-0.2, 0) is 6.54 Å². The second-order valence-electron chi connectivity index (χ2n) is 10.3. The summed E-state index contributed by atoms with van der Waals surface area (Å²) < 4.78 is 5.43. The van der Waals surface area contributed by atoms with E-state index in [0.29, 0.717) is 6.54 Å². The molecule has 3 heterocycles. The molecule has 2 aromatic heterocycles. The molecule has 8 heteroatoms. The molecule has 4 aromatic rings. The maximum Gasteiger partial charge on any atom is 0.227 e. The second kappa shape index (κ2) is 11.1. The molecule has 194 valence electrons. The molecule has 1 aliphatic heterocycles. The van der Waals surface area contributed by atoms with Crippen molar-refractivity contribution < 1.29 is 4.52 Å². The molecule has 0 spiro atoms. The van der Waals surface area contributed by atoms with Gasteiger partial charge in [-0.3, -0.25) is 4.90 Å². The van der Waals surface area contributed by atoms with Gasteiger partial charge in [-0.15, -0.1) is 0 Å². The average molecular weight is 519 g/mol. The highest BCUT2D eigenvalue weighted by molar-refractivity contribution is 6.30. The van der Waals surface area contributed by atoms with Gasteiger partial charge in [0.25, 0.3) is 0 Å². The lowest BCUT2D eigenvalue weighted by Gasteiger charge is -2.35. The summed E-state index contributed by atoms with van der Waals surface area (Å²) >= 11 is 6.23. The molecule has 1 aliphatic rings. The Balaban J connectivity index is 1.46. The van der Waals surface area contributed by atoms with Crippen molar-refractivity contribution >= 4 is 34.3 Å². The monoisotopic (exact) mass is 518 g/mol. The zero-order chi connectivity index (χ0) is 25.9. The third kappa shape index (κ3) is 5.89. The second-order valence-corrected chi connectivity index (χ2v) is 10.7. The van der Waals surface area contributed by atoms with Crippen LogP contribution in [0.5, 0.6) is 0 Å². The normalized spacial score (nSPS) is 14.6. The molecule has 5 rings (SSSR count). The predicted octanol–water partition coefficient (Wildman–Crippen LogP) is 6.34. The number of aryl methyl sites for hydroxylation is 2. The van der Waals surface area contributed by atoms with E-state index in [9.17, 15) is 0 Å². The van der Waals surface area contributed by atoms with Gasteiger partial charge in [-0.05, 0) is 68.1 Å². The highest BCUT2D eigenvalue weighted by Gasteiger charge is 2.21. The third-order valence-corrected chi connectivity index (χ3v) is 7.27. The Bertz CT molecular complexity index is 1360. The number of nitrogens with one attached hydrogen (secondary N) is 1. The summed E-state index contributed by atoms with van der Waals surface area (Å²) in [5, 5.41) is 9.40. The number of hydrogen-bond donors (Lipinski definition) is 1. The first-order chi connectivity index (χ1) is 17.9. The maximum absolute atomic E-state index is 6.23. The first-order valence-electron chi connectivity index (χ1n) is 13.1. The van der Waals surface area contributed by atoms with Gasteiger partial charge in [-0.25, -0.2) is 4.98 Å². The van der Waals surface area contributed by atoms with E-state index in [0.717, 1.165) is 94.5 Å². The summed E-state index contributed by atoms with van der Waals surface area (Å²) in [6.07, 6.45) is 1.23. The molecule has 1 N–H and O–H groups in total. The van der Waals surface area contributed by atoms with Crippen molar-refractivity contribution in [2.45, 2.75) is 40.7 Å². The van der Waals surface area contributed by atoms with Gasteiger partial charge in [0, 0.05) is 48.7 Å². The van der Waals surface area contributed by atoms with E-state index in [-0.39, 0.29) is 0 Å². The largest absolute Gasteiger partial charge is 0.365 e. The summed E-state index contributed by atoms with van der Waals surface area (Å²) in [6.45, 7) is 14.2. The van der Waals surface area contributed by atoms with Gasteiger partial charge in [0.15, 0.2) is 0 Å². The van der Waals surface area contributed by atoms with Crippen LogP contribution < -0.4 is 10.2 Å². The first-order valence-corrected chi connectivity index (χ1v) is 13.5. The van der Waals surface area contributed by atoms with Crippen LogP contribution in [0.3, 0.4) is 0 Å². The minimum Gasteiger partial charge on any atom is -0.365 e. The lowest BCUT2D eigenvalue weighted by Crippen LogP contribution is -2.47. The fraction of sp³-hybridized carbons (Fsp3) is 0.414. The van der Waals surface area contributed by atoms with Crippen LogP contribution in [0.1, 0.15) is 37.3 Å². The van der Waals surface area contributed by atoms with E-state index in [1.807, 2.05) is 32.0 Å². The lowest BCUT2D eigenvalue weighted by molar-refractivity contribution is 0.243. The number of aromatic nitrogens is 3. The number of halogens is 1. The van der Waals surface area contributed by atoms with Gasteiger partial charge in [-0.1, -0.05) is 48.8 Å². The lowest BCUT2D eigenvalue weighted by atomic mass is 10.0. The summed E-state index contributed by atoms with van der Waals surface area (Å²) in [6, 6.07) is 14.2. The Morgan fingerprint density at radius 1 is 1.03 bits per heavy atom. The highest BCUT2D eigenvalue weighted by atomic mass is 35.5. The number of nitrogens with zero attached hydrogens (tertiary/aromatic N) is 5. The predicted molar refractivity (Wildman–Crippen MR) is 151 cm³/mol. The van der Waals surface area contributed by atoms with Crippen molar-refractivity contribution in [2.24, 2.45) is 5.92 Å². The summed E-state index contributed by atoms with van der Waals surface area (Å²) in [5.74, 6) is 3.12. The van der Waals surface area contributed by atoms with Gasteiger partial charge in [0.2, 0.25) is 5.95 Å². The Labute approximate surface area is 223 Å². The van der Waals surface area contributed by atoms with Crippen LogP contribution in [0.15, 0.2) is 47.0 Å². The summed E-state index contributed by atoms with van der Waals surface area (Å²) in [7, 11) is 0. The molecule has 0 bridgehead atoms. The molecule has 0 aliphatic carbocycles. The van der Waals surface area contributed by atoms with Gasteiger partial charge in [0.05, 0.1) is 11.2 Å². The molecular weight excluding hydrogens is 484 g/mol. The van der Waals surface area contributed by atoms with Crippen LogP contribution in [-0.4, -0.2) is 52.7 Å². The zero-order valence-electron chi connectivity index (χ0n) is 22.1. The average Bonchev–Trinajstić information content (AvgIpc) is 3.23. The Hall–Kier alpha value is -3.16. The van der Waals surface area contributed by atoms with Crippen LogP contribution in [0.25, 0.3) is 22.0 Å². The van der Waals surface area contributed by atoms with E-state index < -0.39 is 0 Å². The van der Waals surface area contributed by atoms with E-state index >= 15 is 0 Å². The molecule has 0 atom stereocenters. The number of piperazine rings is 1. The van der Waals surface area contributed by atoms with Crippen LogP contribution >= 0.6 is 11.6 Å². The molecule has 7 nitrogen and oxygen atoms in total. The fourth-order valence-electron chi connectivity index (χ4n) is 4.89. The summed E-state index contributed by atoms with van der Waals surface area (Å²) in [4.78, 5) is 14.9. The summed E-state index contributed by atoms with van der Waals surface area (Å²) in [5.41, 5.74) is 4.95. The van der Waals surface area contributed by atoms with Crippen LogP contribution in [0, 0.1) is 19.8 Å². The molecule has 1 fully saturated rings. The third-order valence-electron chi connectivity index (χ3n) is 7.03. The van der Waals surface area contributed by atoms with Gasteiger partial charge in [-0.2, -0.15) is 4.98 Å². The first kappa shape index (κ1) is 25.5. The van der Waals surface area contributed by atoms with Gasteiger partial charge >= 0.3 is 0 Å². The van der Waals surface area contributed by atoms with E-state index in [1.165, 1.54) is 6.42 Å². The van der Waals surface area contributed by atoms with Crippen molar-refractivity contribution in [3.8, 4) is 11.1 Å². The van der Waals surface area contributed by atoms with Crippen molar-refractivity contribution in [3.63, 3.8) is 0 Å². The Morgan fingerprint density at radius 2 is 1.84 bits per heavy atom. The number of anilines is 2. The molecule has 1 saturated heterocycles. The molecule has 2 aromatic carbocycles. The van der Waals surface area contributed by atoms with Crippen molar-refractivity contribution in [3.05, 3.63) is 64.5 Å². The fourth-order valence-corrected chi connectivity index (χ4v) is 5.10. The minimum atomic E-state index is 0.616. The Morgan fingerprint density at radius 3 is 2.54 bits per heavy atom. The highest BCUT2D eigenvalue weighted by Crippen LogP contribution is 2.32. The zero-order valence-corrected chi connectivity index (χ0v) is 22.8. The molecule has 0 saturated carbocycles. The number of hydrogen-bond acceptors (Lipinski definition) is 7. The van der Waals surface area contributed by atoms with Crippen molar-refractivity contribution in [1.29, 1.82) is 0 Å². The smallest absolute Gasteiger partial charge is 0.227 e. The van der Waals surface area contributed by atoms with E-state index in [4.69, 9.17) is 26.1 Å². The molecule has 0 radical (unpaired) electrons. The maximum atomic E-state index is 6.23. The Kier molecular flexibility index (Phi) is 7.63. The van der Waals surface area contributed by atoms with Gasteiger partial charge < -0.3 is 14.7 Å². The van der Waals surface area contributed by atoms with Crippen molar-refractivity contribution in [1.82, 2.24) is 20.0 Å². The number of fused-ring (bicyclic) bond motifs is 1. The molecule has 0 amide bonds. The van der Waals surface area contributed by atoms with Crippen LogP contribution in [0.4, 0.5) is 11.8 Å². The minimum absolute atomic E-state index is 0.616. The topological polar surface area (TPSA) is 70.3 Å². The van der Waals surface area contributed by atoms with E-state index in [1.54, 1.807) is 0 Å². The molecule has 0 unspecified atom stereocenters. The van der Waals surface area contributed by atoms with E-state index in [2.05, 4.69) is 58.4 Å².